The topological polar surface area (TPSA) is 38.9 Å². The van der Waals surface area contributed by atoms with Crippen molar-refractivity contribution in [2.75, 3.05) is 0 Å². The molecule has 1 heterocycles. The molecule has 4 heteroatoms. The van der Waals surface area contributed by atoms with Gasteiger partial charge in [0.25, 0.3) is 0 Å². The predicted molar refractivity (Wildman–Crippen MR) is 58.3 cm³/mol. The summed E-state index contributed by atoms with van der Waals surface area (Å²) in [6.45, 7) is 2.04. The van der Waals surface area contributed by atoms with Crippen LogP contribution in [0.5, 0.6) is 0 Å². The maximum Gasteiger partial charge on any atom is 0.150 e. The van der Waals surface area contributed by atoms with Crippen LogP contribution in [0.15, 0.2) is 9.72 Å². The maximum absolute atomic E-state index is 5.99. The van der Waals surface area contributed by atoms with Gasteiger partial charge in [0.15, 0.2) is 0 Å². The summed E-state index contributed by atoms with van der Waals surface area (Å²) < 4.78 is 1.18. The monoisotopic (exact) mass is 214 g/mol. The molecule has 1 aromatic rings. The van der Waals surface area contributed by atoms with E-state index in [2.05, 4.69) is 10.4 Å². The number of hydrogen-bond acceptors (Lipinski definition) is 4. The van der Waals surface area contributed by atoms with Crippen molar-refractivity contribution in [1.29, 1.82) is 0 Å². The van der Waals surface area contributed by atoms with Gasteiger partial charge in [0.05, 0.1) is 0 Å². The number of hydrogen-bond donors (Lipinski definition) is 1. The Morgan fingerprint density at radius 3 is 3.00 bits per heavy atom. The molecule has 0 spiro atoms. The van der Waals surface area contributed by atoms with Crippen LogP contribution in [0.3, 0.4) is 0 Å². The van der Waals surface area contributed by atoms with E-state index in [1.165, 1.54) is 23.6 Å². The molecule has 1 saturated carbocycles. The first-order valence-corrected chi connectivity index (χ1v) is 6.36. The van der Waals surface area contributed by atoms with Crippen LogP contribution in [0.4, 0.5) is 0 Å². The molecule has 0 amide bonds. The van der Waals surface area contributed by atoms with Gasteiger partial charge in [0.2, 0.25) is 0 Å². The molecule has 0 radical (unpaired) electrons. The van der Waals surface area contributed by atoms with Crippen molar-refractivity contribution in [1.82, 2.24) is 4.98 Å². The molecule has 1 aromatic heterocycles. The summed E-state index contributed by atoms with van der Waals surface area (Å²) in [6, 6.07) is 0.384. The van der Waals surface area contributed by atoms with Crippen LogP contribution in [0.25, 0.3) is 0 Å². The smallest absolute Gasteiger partial charge is 0.150 e. The molecule has 0 aliphatic heterocycles. The number of nitrogens with two attached hydrogens (primary N) is 1. The normalized spacial score (nSPS) is 28.2. The van der Waals surface area contributed by atoms with Crippen LogP contribution < -0.4 is 5.73 Å². The van der Waals surface area contributed by atoms with Crippen molar-refractivity contribution >= 4 is 23.1 Å². The Hall–Kier alpha value is -0.0600. The van der Waals surface area contributed by atoms with Gasteiger partial charge in [0.1, 0.15) is 4.34 Å². The minimum Gasteiger partial charge on any atom is -0.327 e. The van der Waals surface area contributed by atoms with Gasteiger partial charge in [-0.05, 0) is 19.8 Å². The van der Waals surface area contributed by atoms with Gasteiger partial charge in [-0.3, -0.25) is 0 Å². The first-order chi connectivity index (χ1) is 6.25. The molecule has 0 aromatic carbocycles. The molecule has 1 aliphatic carbocycles. The third-order valence-corrected chi connectivity index (χ3v) is 4.86. The molecule has 2 rings (SSSR count). The lowest BCUT2D eigenvalue weighted by molar-refractivity contribution is 0.716. The third kappa shape index (κ3) is 2.24. The van der Waals surface area contributed by atoms with Crippen LogP contribution in [0.2, 0.25) is 0 Å². The molecule has 2 nitrogen and oxygen atoms in total. The number of aryl methyl sites for hydroxylation is 1. The lowest BCUT2D eigenvalue weighted by Crippen LogP contribution is -2.26. The minimum atomic E-state index is 0.384. The fourth-order valence-electron chi connectivity index (χ4n) is 1.62. The van der Waals surface area contributed by atoms with Crippen LogP contribution in [0, 0.1) is 6.92 Å². The predicted octanol–water partition coefficient (Wildman–Crippen LogP) is 2.42. The summed E-state index contributed by atoms with van der Waals surface area (Å²) in [5.41, 5.74) is 7.11. The van der Waals surface area contributed by atoms with E-state index in [1.54, 1.807) is 11.3 Å². The number of nitrogens with zero attached hydrogens (tertiary/aromatic N) is 1. The van der Waals surface area contributed by atoms with E-state index in [0.717, 1.165) is 5.69 Å². The van der Waals surface area contributed by atoms with Crippen LogP contribution in [0.1, 0.15) is 25.0 Å². The van der Waals surface area contributed by atoms with E-state index in [-0.39, 0.29) is 0 Å². The van der Waals surface area contributed by atoms with Gasteiger partial charge >= 0.3 is 0 Å². The second-order valence-electron chi connectivity index (χ2n) is 3.51. The average molecular weight is 214 g/mol. The Bertz CT molecular complexity index is 285. The Labute approximate surface area is 86.9 Å². The van der Waals surface area contributed by atoms with E-state index < -0.39 is 0 Å². The maximum atomic E-state index is 5.99. The highest BCUT2D eigenvalue weighted by molar-refractivity contribution is 8.01. The van der Waals surface area contributed by atoms with E-state index in [4.69, 9.17) is 5.73 Å². The van der Waals surface area contributed by atoms with Crippen LogP contribution >= 0.6 is 23.1 Å². The van der Waals surface area contributed by atoms with Crippen molar-refractivity contribution in [2.45, 2.75) is 41.8 Å². The lowest BCUT2D eigenvalue weighted by atomic mass is 10.3. The molecule has 2 atom stereocenters. The molecule has 1 aliphatic rings. The Balaban J connectivity index is 1.97. The number of thioether (sulfide) groups is 1. The molecule has 2 N–H and O–H groups in total. The van der Waals surface area contributed by atoms with Gasteiger partial charge in [-0.2, -0.15) is 0 Å². The number of rotatable bonds is 2. The van der Waals surface area contributed by atoms with Crippen LogP contribution in [-0.4, -0.2) is 16.3 Å². The molecule has 2 unspecified atom stereocenters. The van der Waals surface area contributed by atoms with E-state index in [9.17, 15) is 0 Å². The molecule has 0 saturated heterocycles. The van der Waals surface area contributed by atoms with Crippen LogP contribution in [-0.2, 0) is 0 Å². The van der Waals surface area contributed by atoms with Gasteiger partial charge < -0.3 is 5.73 Å². The SMILES string of the molecule is Cc1csc(SC2CCCC2N)n1. The lowest BCUT2D eigenvalue weighted by Gasteiger charge is -2.11. The van der Waals surface area contributed by atoms with Gasteiger partial charge in [0, 0.05) is 22.4 Å². The summed E-state index contributed by atoms with van der Waals surface area (Å²) in [5.74, 6) is 0. The third-order valence-electron chi connectivity index (χ3n) is 2.35. The average Bonchev–Trinajstić information content (AvgIpc) is 2.64. The molecule has 72 valence electrons. The highest BCUT2D eigenvalue weighted by Crippen LogP contribution is 2.35. The summed E-state index contributed by atoms with van der Waals surface area (Å²) in [6.07, 6.45) is 3.72. The zero-order valence-corrected chi connectivity index (χ0v) is 9.33. The van der Waals surface area contributed by atoms with Crippen molar-refractivity contribution in [2.24, 2.45) is 5.73 Å². The molecule has 0 bridgehead atoms. The number of thiazole rings is 1. The second-order valence-corrected chi connectivity index (χ2v) is 5.85. The zero-order chi connectivity index (χ0) is 9.26. The van der Waals surface area contributed by atoms with Crippen molar-refractivity contribution in [3.8, 4) is 0 Å². The Kier molecular flexibility index (Phi) is 2.91. The van der Waals surface area contributed by atoms with E-state index in [1.807, 2.05) is 18.7 Å². The van der Waals surface area contributed by atoms with Gasteiger partial charge in [-0.1, -0.05) is 18.2 Å². The number of aromatic nitrogens is 1. The first-order valence-electron chi connectivity index (χ1n) is 4.60. The Morgan fingerprint density at radius 2 is 2.46 bits per heavy atom. The van der Waals surface area contributed by atoms with Gasteiger partial charge in [-0.15, -0.1) is 11.3 Å². The summed E-state index contributed by atoms with van der Waals surface area (Å²) in [7, 11) is 0. The molecule has 13 heavy (non-hydrogen) atoms. The highest BCUT2D eigenvalue weighted by atomic mass is 32.2. The quantitative estimate of drug-likeness (QED) is 0.821. The Morgan fingerprint density at radius 1 is 1.62 bits per heavy atom. The fourth-order valence-corrected chi connectivity index (χ4v) is 3.93. The molecular formula is C9H14N2S2. The minimum absolute atomic E-state index is 0.384. The van der Waals surface area contributed by atoms with Crippen molar-refractivity contribution in [3.05, 3.63) is 11.1 Å². The zero-order valence-electron chi connectivity index (χ0n) is 7.69. The fraction of sp³-hybridized carbons (Fsp3) is 0.667. The standard InChI is InChI=1S/C9H14N2S2/c1-6-5-12-9(11-6)13-8-4-2-3-7(8)10/h5,7-8H,2-4,10H2,1H3. The van der Waals surface area contributed by atoms with Crippen molar-refractivity contribution < 1.29 is 0 Å². The molecule has 1 fully saturated rings. The molecular weight excluding hydrogens is 200 g/mol. The van der Waals surface area contributed by atoms with E-state index in [0.29, 0.717) is 11.3 Å². The van der Waals surface area contributed by atoms with E-state index >= 15 is 0 Å². The van der Waals surface area contributed by atoms with Crippen molar-refractivity contribution in [3.63, 3.8) is 0 Å². The summed E-state index contributed by atoms with van der Waals surface area (Å²) in [5, 5.41) is 2.70. The van der Waals surface area contributed by atoms with Gasteiger partial charge in [-0.25, -0.2) is 4.98 Å². The largest absolute Gasteiger partial charge is 0.327 e. The second kappa shape index (κ2) is 3.98. The highest BCUT2D eigenvalue weighted by Gasteiger charge is 2.25. The summed E-state index contributed by atoms with van der Waals surface area (Å²) >= 11 is 3.60. The summed E-state index contributed by atoms with van der Waals surface area (Å²) in [4.78, 5) is 4.43. The first kappa shape index (κ1) is 9.49.